The molecule has 3 nitrogen and oxygen atoms in total. The van der Waals surface area contributed by atoms with Crippen molar-refractivity contribution in [3.05, 3.63) is 28.2 Å². The summed E-state index contributed by atoms with van der Waals surface area (Å²) in [5.74, 6) is -0.838. The Kier molecular flexibility index (Phi) is 2.67. The minimum atomic E-state index is -0.478. The molecule has 1 fully saturated rings. The fraction of sp³-hybridized carbons (Fsp3) is 0.200. The van der Waals surface area contributed by atoms with Gasteiger partial charge in [0.2, 0.25) is 5.78 Å². The number of anilines is 1. The molecule has 1 amide bonds. The van der Waals surface area contributed by atoms with Crippen molar-refractivity contribution in [2.24, 2.45) is 0 Å². The number of hydrogen-bond donors (Lipinski definition) is 0. The number of carbonyl (C=O) groups excluding carboxylic acids is 2. The average molecular weight is 244 g/mol. The highest BCUT2D eigenvalue weighted by Crippen LogP contribution is 2.28. The van der Waals surface area contributed by atoms with Gasteiger partial charge in [0.15, 0.2) is 0 Å². The molecule has 15 heavy (non-hydrogen) atoms. The van der Waals surface area contributed by atoms with Crippen LogP contribution < -0.4 is 4.90 Å². The molecule has 0 radical (unpaired) electrons. The van der Waals surface area contributed by atoms with Crippen LogP contribution in [0, 0.1) is 0 Å². The summed E-state index contributed by atoms with van der Waals surface area (Å²) in [4.78, 5) is 23.9. The van der Waals surface area contributed by atoms with E-state index in [1.165, 1.54) is 4.90 Å². The Hall–Kier alpha value is -1.06. The molecule has 0 spiro atoms. The van der Waals surface area contributed by atoms with Crippen molar-refractivity contribution in [2.45, 2.75) is 6.42 Å². The minimum Gasteiger partial charge on any atom is -0.305 e. The summed E-state index contributed by atoms with van der Waals surface area (Å²) in [6, 6.07) is 4.86. The molecular formula is C10H7Cl2NO2. The number of rotatable bonds is 1. The van der Waals surface area contributed by atoms with Gasteiger partial charge >= 0.3 is 0 Å². The van der Waals surface area contributed by atoms with E-state index in [-0.39, 0.29) is 12.2 Å². The van der Waals surface area contributed by atoms with Gasteiger partial charge in [-0.15, -0.1) is 0 Å². The summed E-state index contributed by atoms with van der Waals surface area (Å²) in [6.07, 6.45) is 0.263. The number of amides is 1. The van der Waals surface area contributed by atoms with Gasteiger partial charge in [0.1, 0.15) is 0 Å². The zero-order valence-electron chi connectivity index (χ0n) is 7.67. The number of hydrogen-bond acceptors (Lipinski definition) is 2. The van der Waals surface area contributed by atoms with Crippen LogP contribution >= 0.6 is 23.2 Å². The van der Waals surface area contributed by atoms with E-state index in [2.05, 4.69) is 0 Å². The SMILES string of the molecule is O=C1CCN(c2ccc(Cl)c(Cl)c2)C1=O. The highest BCUT2D eigenvalue weighted by atomic mass is 35.5. The van der Waals surface area contributed by atoms with Crippen molar-refractivity contribution in [1.29, 1.82) is 0 Å². The molecule has 1 aromatic rings. The standard InChI is InChI=1S/C10H7Cl2NO2/c11-7-2-1-6(5-8(7)12)13-4-3-9(14)10(13)15/h1-2,5H,3-4H2. The van der Waals surface area contributed by atoms with E-state index in [1.807, 2.05) is 0 Å². The molecule has 0 N–H and O–H groups in total. The summed E-state index contributed by atoms with van der Waals surface area (Å²) in [6.45, 7) is 0.412. The summed E-state index contributed by atoms with van der Waals surface area (Å²) in [7, 11) is 0. The third-order valence-electron chi connectivity index (χ3n) is 2.26. The predicted molar refractivity (Wildman–Crippen MR) is 58.4 cm³/mol. The second-order valence-electron chi connectivity index (χ2n) is 3.23. The maximum Gasteiger partial charge on any atom is 0.294 e. The van der Waals surface area contributed by atoms with Gasteiger partial charge in [-0.25, -0.2) is 0 Å². The first-order valence-corrected chi connectivity index (χ1v) is 5.15. The Morgan fingerprint density at radius 1 is 1.13 bits per heavy atom. The number of carbonyl (C=O) groups is 2. The molecular weight excluding hydrogens is 237 g/mol. The maximum atomic E-state index is 11.4. The summed E-state index contributed by atoms with van der Waals surface area (Å²) in [5.41, 5.74) is 0.611. The zero-order valence-corrected chi connectivity index (χ0v) is 9.18. The van der Waals surface area contributed by atoms with Crippen LogP contribution in [0.1, 0.15) is 6.42 Å². The van der Waals surface area contributed by atoms with Gasteiger partial charge < -0.3 is 4.90 Å². The molecule has 0 unspecified atom stereocenters. The molecule has 5 heteroatoms. The smallest absolute Gasteiger partial charge is 0.294 e. The normalized spacial score (nSPS) is 16.3. The lowest BCUT2D eigenvalue weighted by molar-refractivity contribution is -0.133. The lowest BCUT2D eigenvalue weighted by Gasteiger charge is -2.14. The second kappa shape index (κ2) is 3.83. The van der Waals surface area contributed by atoms with Gasteiger partial charge in [-0.05, 0) is 18.2 Å². The van der Waals surface area contributed by atoms with E-state index in [0.29, 0.717) is 22.3 Å². The van der Waals surface area contributed by atoms with E-state index in [1.54, 1.807) is 18.2 Å². The highest BCUT2D eigenvalue weighted by molar-refractivity contribution is 6.44. The predicted octanol–water partition coefficient (Wildman–Crippen LogP) is 2.30. The van der Waals surface area contributed by atoms with E-state index in [0.717, 1.165) is 0 Å². The molecule has 1 aliphatic heterocycles. The lowest BCUT2D eigenvalue weighted by atomic mass is 10.3. The molecule has 0 bridgehead atoms. The Morgan fingerprint density at radius 2 is 1.87 bits per heavy atom. The van der Waals surface area contributed by atoms with Crippen molar-refractivity contribution in [3.8, 4) is 0 Å². The topological polar surface area (TPSA) is 37.4 Å². The van der Waals surface area contributed by atoms with Gasteiger partial charge in [0.25, 0.3) is 5.91 Å². The van der Waals surface area contributed by atoms with Crippen molar-refractivity contribution in [2.75, 3.05) is 11.4 Å². The second-order valence-corrected chi connectivity index (χ2v) is 4.04. The number of Topliss-reactive ketones (excluding diaryl/α,β-unsaturated/α-hetero) is 1. The molecule has 78 valence electrons. The number of ketones is 1. The largest absolute Gasteiger partial charge is 0.305 e. The van der Waals surface area contributed by atoms with Crippen LogP contribution in [0.2, 0.25) is 10.0 Å². The molecule has 1 saturated heterocycles. The fourth-order valence-corrected chi connectivity index (χ4v) is 1.76. The molecule has 0 atom stereocenters. The van der Waals surface area contributed by atoms with Crippen molar-refractivity contribution in [1.82, 2.24) is 0 Å². The summed E-state index contributed by atoms with van der Waals surface area (Å²) < 4.78 is 0. The minimum absolute atomic E-state index is 0.263. The molecule has 1 aromatic carbocycles. The molecule has 0 aliphatic carbocycles. The van der Waals surface area contributed by atoms with E-state index in [4.69, 9.17) is 23.2 Å². The monoisotopic (exact) mass is 243 g/mol. The Morgan fingerprint density at radius 3 is 2.40 bits per heavy atom. The first-order chi connectivity index (χ1) is 7.09. The third-order valence-corrected chi connectivity index (χ3v) is 3.00. The number of nitrogens with zero attached hydrogens (tertiary/aromatic N) is 1. The Balaban J connectivity index is 2.34. The number of benzene rings is 1. The quantitative estimate of drug-likeness (QED) is 0.711. The van der Waals surface area contributed by atoms with Crippen LogP contribution in [0.3, 0.4) is 0 Å². The Bertz CT molecular complexity index is 445. The van der Waals surface area contributed by atoms with Gasteiger partial charge in [0, 0.05) is 18.7 Å². The number of halogens is 2. The lowest BCUT2D eigenvalue weighted by Crippen LogP contribution is -2.26. The van der Waals surface area contributed by atoms with Gasteiger partial charge in [-0.3, -0.25) is 9.59 Å². The zero-order chi connectivity index (χ0) is 11.0. The van der Waals surface area contributed by atoms with Crippen LogP contribution in [0.4, 0.5) is 5.69 Å². The van der Waals surface area contributed by atoms with Crippen LogP contribution in [0.5, 0.6) is 0 Å². The third kappa shape index (κ3) is 1.85. The van der Waals surface area contributed by atoms with Crippen LogP contribution in [-0.2, 0) is 9.59 Å². The highest BCUT2D eigenvalue weighted by Gasteiger charge is 2.30. The van der Waals surface area contributed by atoms with Crippen molar-refractivity contribution < 1.29 is 9.59 Å². The average Bonchev–Trinajstić information content (AvgIpc) is 2.53. The van der Waals surface area contributed by atoms with Crippen molar-refractivity contribution in [3.63, 3.8) is 0 Å². The van der Waals surface area contributed by atoms with Crippen LogP contribution in [0.25, 0.3) is 0 Å². The molecule has 0 saturated carbocycles. The van der Waals surface area contributed by atoms with Gasteiger partial charge in [-0.2, -0.15) is 0 Å². The van der Waals surface area contributed by atoms with Crippen LogP contribution in [0.15, 0.2) is 18.2 Å². The van der Waals surface area contributed by atoms with Gasteiger partial charge in [0.05, 0.1) is 10.0 Å². The van der Waals surface area contributed by atoms with E-state index < -0.39 is 5.91 Å². The maximum absolute atomic E-state index is 11.4. The first kappa shape index (κ1) is 10.5. The molecule has 2 rings (SSSR count). The molecule has 1 aliphatic rings. The summed E-state index contributed by atoms with van der Waals surface area (Å²) in [5, 5.41) is 0.805. The Labute approximate surface area is 96.6 Å². The van der Waals surface area contributed by atoms with E-state index >= 15 is 0 Å². The van der Waals surface area contributed by atoms with Gasteiger partial charge in [-0.1, -0.05) is 23.2 Å². The van der Waals surface area contributed by atoms with Crippen LogP contribution in [-0.4, -0.2) is 18.2 Å². The summed E-state index contributed by atoms with van der Waals surface area (Å²) >= 11 is 11.6. The first-order valence-electron chi connectivity index (χ1n) is 4.39. The van der Waals surface area contributed by atoms with Crippen molar-refractivity contribution >= 4 is 40.6 Å². The molecule has 0 aromatic heterocycles. The molecule has 1 heterocycles. The van der Waals surface area contributed by atoms with E-state index in [9.17, 15) is 9.59 Å². The fourth-order valence-electron chi connectivity index (χ4n) is 1.47.